The first kappa shape index (κ1) is 14.1. The van der Waals surface area contributed by atoms with Gasteiger partial charge in [0.1, 0.15) is 5.52 Å². The van der Waals surface area contributed by atoms with Gasteiger partial charge < -0.3 is 10.2 Å². The lowest BCUT2D eigenvalue weighted by Gasteiger charge is -2.31. The van der Waals surface area contributed by atoms with E-state index in [1.54, 1.807) is 5.57 Å². The molecule has 0 atom stereocenters. The quantitative estimate of drug-likeness (QED) is 0.676. The van der Waals surface area contributed by atoms with Gasteiger partial charge in [-0.05, 0) is 30.0 Å². The van der Waals surface area contributed by atoms with Gasteiger partial charge >= 0.3 is 0 Å². The summed E-state index contributed by atoms with van der Waals surface area (Å²) in [6.45, 7) is 9.61. The molecule has 1 aromatic heterocycles. The molecule has 0 unspecified atom stereocenters. The monoisotopic (exact) mass is 285 g/mol. The zero-order chi connectivity index (χ0) is 15.0. The lowest BCUT2D eigenvalue weighted by Crippen LogP contribution is -2.30. The molecule has 4 nitrogen and oxygen atoms in total. The van der Waals surface area contributed by atoms with Crippen molar-refractivity contribution in [1.29, 1.82) is 0 Å². The minimum atomic E-state index is 0.279. The second-order valence-electron chi connectivity index (χ2n) is 6.80. The molecular weight excluding hydrogens is 262 g/mol. The van der Waals surface area contributed by atoms with Crippen LogP contribution in [0.2, 0.25) is 0 Å². The van der Waals surface area contributed by atoms with Gasteiger partial charge in [-0.15, -0.1) is 0 Å². The molecule has 1 aliphatic heterocycles. The number of oxazole rings is 1. The molecule has 1 aliphatic rings. The van der Waals surface area contributed by atoms with Crippen LogP contribution in [-0.2, 0) is 6.54 Å². The fraction of sp³-hybridized carbons (Fsp3) is 0.471. The summed E-state index contributed by atoms with van der Waals surface area (Å²) in [6.07, 6.45) is 3.47. The SMILES string of the molecule is CC(C)(C)C1=CCN(Cc2nc3cc(N)ccc3o2)CC1. The minimum absolute atomic E-state index is 0.279. The van der Waals surface area contributed by atoms with Crippen LogP contribution in [0.5, 0.6) is 0 Å². The summed E-state index contributed by atoms with van der Waals surface area (Å²) in [5.41, 5.74) is 9.97. The molecule has 2 heterocycles. The van der Waals surface area contributed by atoms with E-state index in [1.165, 1.54) is 0 Å². The second kappa shape index (κ2) is 5.19. The van der Waals surface area contributed by atoms with Gasteiger partial charge in [0.15, 0.2) is 5.58 Å². The van der Waals surface area contributed by atoms with Crippen LogP contribution in [-0.4, -0.2) is 23.0 Å². The third-order valence-electron chi connectivity index (χ3n) is 4.07. The van der Waals surface area contributed by atoms with E-state index < -0.39 is 0 Å². The van der Waals surface area contributed by atoms with Crippen molar-refractivity contribution in [2.24, 2.45) is 5.41 Å². The highest BCUT2D eigenvalue weighted by Gasteiger charge is 2.22. The summed E-state index contributed by atoms with van der Waals surface area (Å²) in [5, 5.41) is 0. The summed E-state index contributed by atoms with van der Waals surface area (Å²) in [6, 6.07) is 5.58. The van der Waals surface area contributed by atoms with Crippen molar-refractivity contribution in [3.63, 3.8) is 0 Å². The Morgan fingerprint density at radius 1 is 1.33 bits per heavy atom. The Morgan fingerprint density at radius 3 is 2.81 bits per heavy atom. The zero-order valence-corrected chi connectivity index (χ0v) is 13.0. The van der Waals surface area contributed by atoms with Crippen LogP contribution >= 0.6 is 0 Å². The smallest absolute Gasteiger partial charge is 0.209 e. The Morgan fingerprint density at radius 2 is 2.14 bits per heavy atom. The summed E-state index contributed by atoms with van der Waals surface area (Å²) in [4.78, 5) is 6.89. The van der Waals surface area contributed by atoms with Crippen LogP contribution in [0, 0.1) is 5.41 Å². The number of fused-ring (bicyclic) bond motifs is 1. The van der Waals surface area contributed by atoms with Crippen LogP contribution in [0.3, 0.4) is 0 Å². The molecule has 4 heteroatoms. The number of aromatic nitrogens is 1. The van der Waals surface area contributed by atoms with Crippen LogP contribution in [0.1, 0.15) is 33.1 Å². The molecule has 0 saturated heterocycles. The van der Waals surface area contributed by atoms with Crippen LogP contribution in [0.25, 0.3) is 11.1 Å². The Labute approximate surface area is 125 Å². The highest BCUT2D eigenvalue weighted by molar-refractivity contribution is 5.76. The predicted octanol–water partition coefficient (Wildman–Crippen LogP) is 3.59. The Balaban J connectivity index is 1.71. The Kier molecular flexibility index (Phi) is 3.49. The molecule has 2 aromatic rings. The van der Waals surface area contributed by atoms with Gasteiger partial charge in [0, 0.05) is 18.8 Å². The summed E-state index contributed by atoms with van der Waals surface area (Å²) in [7, 11) is 0. The highest BCUT2D eigenvalue weighted by Crippen LogP contribution is 2.30. The zero-order valence-electron chi connectivity index (χ0n) is 13.0. The number of anilines is 1. The number of rotatable bonds is 2. The van der Waals surface area contributed by atoms with Gasteiger partial charge in [0.2, 0.25) is 5.89 Å². The van der Waals surface area contributed by atoms with Crippen LogP contribution < -0.4 is 5.73 Å². The number of nitrogens with zero attached hydrogens (tertiary/aromatic N) is 2. The van der Waals surface area contributed by atoms with Gasteiger partial charge in [-0.25, -0.2) is 4.98 Å². The highest BCUT2D eigenvalue weighted by atomic mass is 16.3. The van der Waals surface area contributed by atoms with E-state index in [1.807, 2.05) is 18.2 Å². The van der Waals surface area contributed by atoms with Gasteiger partial charge in [0.25, 0.3) is 0 Å². The van der Waals surface area contributed by atoms with E-state index in [4.69, 9.17) is 10.2 Å². The maximum atomic E-state index is 5.79. The average molecular weight is 285 g/mol. The van der Waals surface area contributed by atoms with Gasteiger partial charge in [-0.2, -0.15) is 0 Å². The van der Waals surface area contributed by atoms with Gasteiger partial charge in [0.05, 0.1) is 6.54 Å². The van der Waals surface area contributed by atoms with Crippen LogP contribution in [0.4, 0.5) is 5.69 Å². The third kappa shape index (κ3) is 3.10. The van der Waals surface area contributed by atoms with E-state index in [2.05, 4.69) is 36.7 Å². The fourth-order valence-corrected chi connectivity index (χ4v) is 2.79. The second-order valence-corrected chi connectivity index (χ2v) is 6.80. The summed E-state index contributed by atoms with van der Waals surface area (Å²) < 4.78 is 5.79. The average Bonchev–Trinajstić information content (AvgIpc) is 2.79. The molecule has 0 fully saturated rings. The first-order valence-corrected chi connectivity index (χ1v) is 7.48. The lowest BCUT2D eigenvalue weighted by atomic mass is 9.83. The molecule has 3 rings (SSSR count). The number of nitrogens with two attached hydrogens (primary N) is 1. The van der Waals surface area contributed by atoms with Crippen molar-refractivity contribution >= 4 is 16.8 Å². The number of hydrogen-bond donors (Lipinski definition) is 1. The topological polar surface area (TPSA) is 55.3 Å². The molecule has 0 radical (unpaired) electrons. The number of benzene rings is 1. The lowest BCUT2D eigenvalue weighted by molar-refractivity contribution is 0.248. The van der Waals surface area contributed by atoms with Crippen LogP contribution in [0.15, 0.2) is 34.3 Å². The number of nitrogen functional groups attached to an aromatic ring is 1. The van der Waals surface area contributed by atoms with Crippen molar-refractivity contribution in [3.05, 3.63) is 35.7 Å². The van der Waals surface area contributed by atoms with Crippen molar-refractivity contribution in [2.75, 3.05) is 18.8 Å². The summed E-state index contributed by atoms with van der Waals surface area (Å²) >= 11 is 0. The van der Waals surface area contributed by atoms with E-state index in [-0.39, 0.29) is 5.41 Å². The molecule has 2 N–H and O–H groups in total. The van der Waals surface area contributed by atoms with E-state index in [0.29, 0.717) is 0 Å². The molecule has 0 aliphatic carbocycles. The minimum Gasteiger partial charge on any atom is -0.439 e. The van der Waals surface area contributed by atoms with Crippen molar-refractivity contribution in [2.45, 2.75) is 33.7 Å². The summed E-state index contributed by atoms with van der Waals surface area (Å²) in [5.74, 6) is 0.767. The molecular formula is C17H23N3O. The molecule has 112 valence electrons. The first-order valence-electron chi connectivity index (χ1n) is 7.48. The van der Waals surface area contributed by atoms with Crippen molar-refractivity contribution in [1.82, 2.24) is 9.88 Å². The number of hydrogen-bond acceptors (Lipinski definition) is 4. The van der Waals surface area contributed by atoms with E-state index in [0.717, 1.165) is 48.7 Å². The molecule has 1 aromatic carbocycles. The van der Waals surface area contributed by atoms with E-state index in [9.17, 15) is 0 Å². The van der Waals surface area contributed by atoms with E-state index >= 15 is 0 Å². The Bertz CT molecular complexity index is 679. The standard InChI is InChI=1S/C17H23N3O/c1-17(2,3)12-6-8-20(9-7-12)11-16-19-14-10-13(18)4-5-15(14)21-16/h4-6,10H,7-9,11,18H2,1-3H3. The van der Waals surface area contributed by atoms with Gasteiger partial charge in [-0.1, -0.05) is 32.4 Å². The molecule has 0 saturated carbocycles. The molecule has 21 heavy (non-hydrogen) atoms. The van der Waals surface area contributed by atoms with Crippen molar-refractivity contribution in [3.8, 4) is 0 Å². The normalized spacial score (nSPS) is 17.2. The maximum Gasteiger partial charge on any atom is 0.209 e. The van der Waals surface area contributed by atoms with Gasteiger partial charge in [-0.3, -0.25) is 4.90 Å². The predicted molar refractivity (Wildman–Crippen MR) is 85.9 cm³/mol. The first-order chi connectivity index (χ1) is 9.91. The van der Waals surface area contributed by atoms with Crippen molar-refractivity contribution < 1.29 is 4.42 Å². The third-order valence-corrected chi connectivity index (χ3v) is 4.07. The maximum absolute atomic E-state index is 5.79. The fourth-order valence-electron chi connectivity index (χ4n) is 2.79. The Hall–Kier alpha value is -1.81. The molecule has 0 spiro atoms. The molecule has 0 amide bonds. The largest absolute Gasteiger partial charge is 0.439 e. The molecule has 0 bridgehead atoms.